The maximum Gasteiger partial charge on any atom is 0.494 e. The van der Waals surface area contributed by atoms with Crippen molar-refractivity contribution in [3.8, 4) is 45.0 Å². The Morgan fingerprint density at radius 2 is 0.690 bits per heavy atom. The van der Waals surface area contributed by atoms with E-state index in [0.29, 0.717) is 0 Å². The first-order chi connectivity index (χ1) is 28.2. The van der Waals surface area contributed by atoms with E-state index in [1.54, 1.807) is 0 Å². The number of nitrogens with zero attached hydrogens (tertiary/aromatic N) is 2. The van der Waals surface area contributed by atoms with Crippen LogP contribution in [0.2, 0.25) is 0 Å². The molecule has 0 amide bonds. The molecule has 1 saturated heterocycles. The highest BCUT2D eigenvalue weighted by molar-refractivity contribution is 7.20. The fourth-order valence-electron chi connectivity index (χ4n) is 8.18. The maximum absolute atomic E-state index is 6.61. The van der Waals surface area contributed by atoms with Crippen molar-refractivity contribution in [1.29, 1.82) is 0 Å². The number of hydrogen-bond donors (Lipinski definition) is 0. The average molecular weight is 769 g/mol. The molecule has 8 aromatic rings. The topological polar surface area (TPSA) is 44.2 Å². The Morgan fingerprint density at radius 1 is 0.362 bits per heavy atom. The van der Waals surface area contributed by atoms with Crippen molar-refractivity contribution < 1.29 is 9.31 Å². The minimum Gasteiger partial charge on any atom is -0.399 e. The van der Waals surface area contributed by atoms with Crippen molar-refractivity contribution >= 4 is 41.4 Å². The van der Waals surface area contributed by atoms with Crippen molar-refractivity contribution in [2.24, 2.45) is 0 Å². The van der Waals surface area contributed by atoms with Crippen LogP contribution in [0.15, 0.2) is 200 Å². The van der Waals surface area contributed by atoms with Crippen molar-refractivity contribution in [2.45, 2.75) is 38.9 Å². The third-order valence-electron chi connectivity index (χ3n) is 11.9. The Morgan fingerprint density at radius 3 is 1.09 bits per heavy atom. The van der Waals surface area contributed by atoms with E-state index in [2.05, 4.69) is 210 Å². The number of rotatable bonds is 9. The molecule has 282 valence electrons. The summed E-state index contributed by atoms with van der Waals surface area (Å²) in [5, 5.41) is 5.11. The molecule has 0 unspecified atom stereocenters. The van der Waals surface area contributed by atoms with Gasteiger partial charge >= 0.3 is 7.12 Å². The van der Waals surface area contributed by atoms with Gasteiger partial charge in [-0.05, 0) is 53.9 Å². The monoisotopic (exact) mass is 768 g/mol. The lowest BCUT2D eigenvalue weighted by atomic mass is 9.79. The summed E-state index contributed by atoms with van der Waals surface area (Å²) in [5.74, 6) is 0. The number of benzene rings is 7. The zero-order valence-electron chi connectivity index (χ0n) is 33.3. The first kappa shape index (κ1) is 37.4. The van der Waals surface area contributed by atoms with Gasteiger partial charge in [0.1, 0.15) is 0 Å². The molecule has 1 aliphatic heterocycles. The van der Waals surface area contributed by atoms with E-state index in [4.69, 9.17) is 19.3 Å². The van der Waals surface area contributed by atoms with Gasteiger partial charge in [-0.3, -0.25) is 0 Å². The van der Waals surface area contributed by atoms with Gasteiger partial charge in [0, 0.05) is 22.3 Å². The van der Waals surface area contributed by atoms with Gasteiger partial charge in [-0.2, -0.15) is 0 Å². The van der Waals surface area contributed by atoms with Crippen LogP contribution in [-0.4, -0.2) is 36.4 Å². The zero-order chi connectivity index (χ0) is 39.7. The molecule has 1 fully saturated rings. The van der Waals surface area contributed by atoms with E-state index in [1.165, 1.54) is 20.7 Å². The number of aromatic nitrogens is 2. The summed E-state index contributed by atoms with van der Waals surface area (Å²) in [5.41, 5.74) is 7.58. The van der Waals surface area contributed by atoms with Gasteiger partial charge in [0.25, 0.3) is 0 Å². The molecular weight excluding hydrogens is 723 g/mol. The molecule has 0 N–H and O–H groups in total. The summed E-state index contributed by atoms with van der Waals surface area (Å²) in [7, 11) is -3.39. The van der Waals surface area contributed by atoms with Crippen LogP contribution in [0.1, 0.15) is 27.7 Å². The van der Waals surface area contributed by atoms with Crippen LogP contribution in [0.4, 0.5) is 0 Å². The fraction of sp³-hybridized carbons (Fsp3) is 0.115. The molecule has 0 spiro atoms. The smallest absolute Gasteiger partial charge is 0.399 e. The molecule has 0 atom stereocenters. The lowest BCUT2D eigenvalue weighted by Crippen LogP contribution is -2.75. The summed E-state index contributed by atoms with van der Waals surface area (Å²) in [6.07, 6.45) is 0. The molecule has 4 nitrogen and oxygen atoms in total. The molecule has 0 radical (unpaired) electrons. The maximum atomic E-state index is 6.61. The van der Waals surface area contributed by atoms with Crippen LogP contribution < -0.4 is 26.2 Å². The van der Waals surface area contributed by atoms with Crippen LogP contribution in [0, 0.1) is 0 Å². The SMILES string of the molecule is CC1(C)OB(c2cccc([Si](c3ccccc3)(c3ccccc3)c3ccc(-c4nc(-c5ccccc5)c(-c5ccccc5)nc4-c4ccccc4)cc3)c2)OC1(C)C. The van der Waals surface area contributed by atoms with E-state index in [-0.39, 0.29) is 0 Å². The minimum absolute atomic E-state index is 0.446. The van der Waals surface area contributed by atoms with Gasteiger partial charge in [-0.25, -0.2) is 9.97 Å². The minimum atomic E-state index is -2.92. The van der Waals surface area contributed by atoms with Gasteiger partial charge < -0.3 is 9.31 Å². The lowest BCUT2D eigenvalue weighted by Gasteiger charge is -2.35. The highest BCUT2D eigenvalue weighted by atomic mass is 28.3. The molecule has 58 heavy (non-hydrogen) atoms. The molecular formula is C52H45BN2O2Si. The normalized spacial score (nSPS) is 14.7. The van der Waals surface area contributed by atoms with Gasteiger partial charge in [0.15, 0.2) is 8.07 Å². The van der Waals surface area contributed by atoms with Gasteiger partial charge in [0.2, 0.25) is 0 Å². The summed E-state index contributed by atoms with van der Waals surface area (Å²) in [6.45, 7) is 8.43. The number of hydrogen-bond acceptors (Lipinski definition) is 4. The molecule has 2 heterocycles. The zero-order valence-corrected chi connectivity index (χ0v) is 34.3. The molecule has 0 saturated carbocycles. The first-order valence-electron chi connectivity index (χ1n) is 20.0. The third-order valence-corrected chi connectivity index (χ3v) is 16.7. The predicted molar refractivity (Wildman–Crippen MR) is 243 cm³/mol. The summed E-state index contributed by atoms with van der Waals surface area (Å²) in [4.78, 5) is 11.0. The standard InChI is InChI=1S/C52H45BN2O2Si/c1-51(2)52(3,4)57-53(56-51)42-27-20-32-46(37-42)58(43-28-16-8-17-29-43,44-30-18-9-19-31-44)45-35-33-41(34-36-45)50-49(40-25-14-7-15-26-40)54-47(38-21-10-5-11-22-38)48(55-50)39-23-12-6-13-24-39/h5-37H,1-4H3. The Labute approximate surface area is 343 Å². The fourth-order valence-corrected chi connectivity index (χ4v) is 13.0. The van der Waals surface area contributed by atoms with E-state index in [1.807, 2.05) is 18.2 Å². The van der Waals surface area contributed by atoms with Gasteiger partial charge in [-0.1, -0.05) is 200 Å². The Kier molecular flexibility index (Phi) is 9.86. The van der Waals surface area contributed by atoms with Crippen LogP contribution in [-0.2, 0) is 9.31 Å². The van der Waals surface area contributed by atoms with Crippen LogP contribution in [0.5, 0.6) is 0 Å². The molecule has 0 bridgehead atoms. The summed E-state index contributed by atoms with van der Waals surface area (Å²) < 4.78 is 13.2. The van der Waals surface area contributed by atoms with E-state index < -0.39 is 26.4 Å². The summed E-state index contributed by atoms with van der Waals surface area (Å²) >= 11 is 0. The van der Waals surface area contributed by atoms with Gasteiger partial charge in [-0.15, -0.1) is 0 Å². The van der Waals surface area contributed by atoms with Gasteiger partial charge in [0.05, 0.1) is 34.0 Å². The van der Waals surface area contributed by atoms with Crippen molar-refractivity contribution in [1.82, 2.24) is 9.97 Å². The largest absolute Gasteiger partial charge is 0.494 e. The molecule has 6 heteroatoms. The van der Waals surface area contributed by atoms with Crippen molar-refractivity contribution in [3.05, 3.63) is 200 Å². The van der Waals surface area contributed by atoms with Crippen LogP contribution in [0.25, 0.3) is 45.0 Å². The Hall–Kier alpha value is -6.18. The van der Waals surface area contributed by atoms with Crippen molar-refractivity contribution in [3.63, 3.8) is 0 Å². The Balaban J connectivity index is 1.25. The van der Waals surface area contributed by atoms with E-state index >= 15 is 0 Å². The quantitative estimate of drug-likeness (QED) is 0.109. The molecule has 9 rings (SSSR count). The lowest BCUT2D eigenvalue weighted by molar-refractivity contribution is 0.00578. The average Bonchev–Trinajstić information content (AvgIpc) is 3.51. The van der Waals surface area contributed by atoms with Crippen LogP contribution >= 0.6 is 0 Å². The Bertz CT molecular complexity index is 2600. The highest BCUT2D eigenvalue weighted by Crippen LogP contribution is 2.38. The molecule has 1 aromatic heterocycles. The van der Waals surface area contributed by atoms with Crippen molar-refractivity contribution in [2.75, 3.05) is 0 Å². The predicted octanol–water partition coefficient (Wildman–Crippen LogP) is 8.82. The third kappa shape index (κ3) is 6.73. The second-order valence-corrected chi connectivity index (χ2v) is 19.8. The van der Waals surface area contributed by atoms with Crippen LogP contribution in [0.3, 0.4) is 0 Å². The first-order valence-corrected chi connectivity index (χ1v) is 22.0. The highest BCUT2D eigenvalue weighted by Gasteiger charge is 2.52. The summed E-state index contributed by atoms with van der Waals surface area (Å²) in [6, 6.07) is 71.3. The van der Waals surface area contributed by atoms with E-state index in [9.17, 15) is 0 Å². The second kappa shape index (κ2) is 15.3. The molecule has 7 aromatic carbocycles. The van der Waals surface area contributed by atoms with E-state index in [0.717, 1.165) is 50.5 Å². The second-order valence-electron chi connectivity index (χ2n) is 16.0. The molecule has 0 aliphatic carbocycles. The molecule has 1 aliphatic rings.